The number of hydrogen-bond acceptors (Lipinski definition) is 4. The number of urea groups is 1. The number of halogens is 2. The molecule has 2 aliphatic rings. The normalized spacial score (nSPS) is 17.3. The van der Waals surface area contributed by atoms with Crippen molar-refractivity contribution < 1.29 is 14.7 Å². The van der Waals surface area contributed by atoms with Gasteiger partial charge >= 0.3 is 6.03 Å². The molecule has 5 rings (SSSR count). The van der Waals surface area contributed by atoms with Gasteiger partial charge in [-0.1, -0.05) is 84.4 Å². The van der Waals surface area contributed by atoms with Gasteiger partial charge in [0, 0.05) is 56.1 Å². The molecular weight excluding hydrogens is 607 g/mol. The first-order chi connectivity index (χ1) is 21.3. The molecule has 3 aromatic carbocycles. The number of nitrogens with one attached hydrogen (secondary N) is 2. The third kappa shape index (κ3) is 8.39. The summed E-state index contributed by atoms with van der Waals surface area (Å²) < 4.78 is 0. The van der Waals surface area contributed by atoms with Crippen LogP contribution in [0.4, 0.5) is 4.79 Å². The first-order valence-corrected chi connectivity index (χ1v) is 16.3. The van der Waals surface area contributed by atoms with Crippen molar-refractivity contribution in [1.29, 1.82) is 0 Å². The van der Waals surface area contributed by atoms with Crippen LogP contribution in [0.25, 0.3) is 0 Å². The van der Waals surface area contributed by atoms with Crippen LogP contribution in [0.3, 0.4) is 0 Å². The van der Waals surface area contributed by atoms with Crippen molar-refractivity contribution in [2.75, 3.05) is 46.3 Å². The second-order valence-electron chi connectivity index (χ2n) is 12.3. The van der Waals surface area contributed by atoms with E-state index in [0.717, 1.165) is 38.0 Å². The molecule has 9 heteroatoms. The summed E-state index contributed by atoms with van der Waals surface area (Å²) in [5.41, 5.74) is 2.11. The molecule has 0 aliphatic carbocycles. The zero-order chi connectivity index (χ0) is 31.0. The van der Waals surface area contributed by atoms with E-state index in [2.05, 4.69) is 64.1 Å². The van der Waals surface area contributed by atoms with Gasteiger partial charge in [-0.25, -0.2) is 4.79 Å². The number of hydrogen-bond donors (Lipinski definition) is 3. The lowest BCUT2D eigenvalue weighted by molar-refractivity contribution is -0.126. The number of nitrogens with zero attached hydrogens (tertiary/aromatic N) is 2. The molecule has 242 valence electrons. The van der Waals surface area contributed by atoms with Crippen LogP contribution in [0, 0.1) is 5.92 Å². The van der Waals surface area contributed by atoms with Crippen molar-refractivity contribution in [2.45, 2.75) is 49.5 Å². The van der Waals surface area contributed by atoms with Gasteiger partial charge in [0.25, 0.3) is 0 Å². The van der Waals surface area contributed by atoms with Gasteiger partial charge in [-0.3, -0.25) is 4.79 Å². The summed E-state index contributed by atoms with van der Waals surface area (Å²) >= 11 is 6.07. The van der Waals surface area contributed by atoms with E-state index in [4.69, 9.17) is 11.6 Å². The van der Waals surface area contributed by atoms with Crippen LogP contribution in [0.15, 0.2) is 84.9 Å². The number of likely N-dealkylation sites (tertiary alicyclic amines) is 2. The second-order valence-corrected chi connectivity index (χ2v) is 12.8. The predicted octanol–water partition coefficient (Wildman–Crippen LogP) is 5.98. The smallest absolute Gasteiger partial charge is 0.317 e. The Labute approximate surface area is 278 Å². The Balaban J connectivity index is 0.00000461. The maximum absolute atomic E-state index is 13.5. The first-order valence-electron chi connectivity index (χ1n) is 15.9. The summed E-state index contributed by atoms with van der Waals surface area (Å²) in [7, 11) is 1.64. The fourth-order valence-corrected chi connectivity index (χ4v) is 7.07. The Morgan fingerprint density at radius 2 is 1.44 bits per heavy atom. The molecule has 2 saturated heterocycles. The summed E-state index contributed by atoms with van der Waals surface area (Å²) in [4.78, 5) is 29.8. The molecule has 0 atom stereocenters. The molecule has 0 aromatic heterocycles. The van der Waals surface area contributed by atoms with E-state index >= 15 is 0 Å². The standard InChI is InChI=1S/C36H45ClN4O3.ClH/c1-38-34(43)41-23-17-28(18-24-41)33(42)39-27-35(29-9-4-2-5-10-29,30-11-6-3-7-12-30)19-8-22-40-25-20-36(44,21-26-40)31-13-15-32(37)16-14-31;/h2-7,9-16,28,44H,8,17-27H2,1H3,(H,38,43)(H,39,42);1H. The van der Waals surface area contributed by atoms with Crippen LogP contribution < -0.4 is 10.6 Å². The van der Waals surface area contributed by atoms with Gasteiger partial charge in [-0.05, 0) is 73.9 Å². The molecule has 7 nitrogen and oxygen atoms in total. The maximum Gasteiger partial charge on any atom is 0.317 e. The molecule has 0 unspecified atom stereocenters. The van der Waals surface area contributed by atoms with E-state index in [1.807, 2.05) is 36.4 Å². The van der Waals surface area contributed by atoms with Crippen LogP contribution in [-0.4, -0.2) is 73.2 Å². The highest BCUT2D eigenvalue weighted by Crippen LogP contribution is 2.38. The fourth-order valence-electron chi connectivity index (χ4n) is 6.95. The van der Waals surface area contributed by atoms with E-state index in [9.17, 15) is 14.7 Å². The van der Waals surface area contributed by atoms with Gasteiger partial charge in [0.15, 0.2) is 0 Å². The monoisotopic (exact) mass is 652 g/mol. The zero-order valence-electron chi connectivity index (χ0n) is 26.1. The minimum absolute atomic E-state index is 0. The number of piperidine rings is 2. The molecule has 2 aliphatic heterocycles. The van der Waals surface area contributed by atoms with Crippen molar-refractivity contribution in [3.63, 3.8) is 0 Å². The lowest BCUT2D eigenvalue weighted by Gasteiger charge is -2.40. The maximum atomic E-state index is 13.5. The van der Waals surface area contributed by atoms with E-state index in [1.54, 1.807) is 11.9 Å². The van der Waals surface area contributed by atoms with Crippen LogP contribution in [0.5, 0.6) is 0 Å². The third-order valence-corrected chi connectivity index (χ3v) is 9.98. The molecule has 0 radical (unpaired) electrons. The molecule has 3 N–H and O–H groups in total. The van der Waals surface area contributed by atoms with Gasteiger partial charge < -0.3 is 25.5 Å². The Bertz CT molecular complexity index is 1320. The van der Waals surface area contributed by atoms with Gasteiger partial charge in [-0.15, -0.1) is 12.4 Å². The van der Waals surface area contributed by atoms with Crippen LogP contribution in [0.2, 0.25) is 5.02 Å². The number of aliphatic hydroxyl groups is 1. The van der Waals surface area contributed by atoms with Crippen molar-refractivity contribution in [2.24, 2.45) is 5.92 Å². The number of benzene rings is 3. The average molecular weight is 654 g/mol. The fraction of sp³-hybridized carbons (Fsp3) is 0.444. The predicted molar refractivity (Wildman–Crippen MR) is 183 cm³/mol. The molecular formula is C36H46Cl2N4O3. The SMILES string of the molecule is CNC(=O)N1CCC(C(=O)NCC(CCCN2CCC(O)(c3ccc(Cl)cc3)CC2)(c2ccccc2)c2ccccc2)CC1.Cl. The van der Waals surface area contributed by atoms with Crippen molar-refractivity contribution in [1.82, 2.24) is 20.4 Å². The average Bonchev–Trinajstić information content (AvgIpc) is 3.08. The number of carbonyl (C=O) groups is 2. The molecule has 0 saturated carbocycles. The van der Waals surface area contributed by atoms with E-state index in [-0.39, 0.29) is 35.7 Å². The van der Waals surface area contributed by atoms with Gasteiger partial charge in [0.2, 0.25) is 5.91 Å². The molecule has 3 amide bonds. The topological polar surface area (TPSA) is 84.9 Å². The van der Waals surface area contributed by atoms with Crippen LogP contribution in [-0.2, 0) is 15.8 Å². The number of amides is 3. The highest BCUT2D eigenvalue weighted by atomic mass is 35.5. The summed E-state index contributed by atoms with van der Waals surface area (Å²) in [6.45, 7) is 4.25. The Kier molecular flexibility index (Phi) is 12.3. The van der Waals surface area contributed by atoms with E-state index in [0.29, 0.717) is 50.3 Å². The molecule has 2 fully saturated rings. The molecule has 0 bridgehead atoms. The number of rotatable bonds is 10. The van der Waals surface area contributed by atoms with Crippen molar-refractivity contribution >= 4 is 35.9 Å². The van der Waals surface area contributed by atoms with E-state index in [1.165, 1.54) is 11.1 Å². The van der Waals surface area contributed by atoms with E-state index < -0.39 is 5.60 Å². The molecule has 45 heavy (non-hydrogen) atoms. The molecule has 2 heterocycles. The molecule has 0 spiro atoms. The second kappa shape index (κ2) is 15.9. The van der Waals surface area contributed by atoms with Crippen LogP contribution >= 0.6 is 24.0 Å². The summed E-state index contributed by atoms with van der Waals surface area (Å²) in [6, 6.07) is 28.6. The van der Waals surface area contributed by atoms with Gasteiger partial charge in [0.1, 0.15) is 0 Å². The minimum Gasteiger partial charge on any atom is -0.385 e. The van der Waals surface area contributed by atoms with Crippen molar-refractivity contribution in [3.8, 4) is 0 Å². The van der Waals surface area contributed by atoms with Gasteiger partial charge in [-0.2, -0.15) is 0 Å². The summed E-state index contributed by atoms with van der Waals surface area (Å²) in [6.07, 6.45) is 4.52. The Hall–Kier alpha value is -3.10. The lowest BCUT2D eigenvalue weighted by Crippen LogP contribution is -2.48. The summed E-state index contributed by atoms with van der Waals surface area (Å²) in [5, 5.41) is 18.1. The van der Waals surface area contributed by atoms with Crippen LogP contribution in [0.1, 0.15) is 55.2 Å². The van der Waals surface area contributed by atoms with Gasteiger partial charge in [0.05, 0.1) is 5.60 Å². The Morgan fingerprint density at radius 3 is 1.98 bits per heavy atom. The Morgan fingerprint density at radius 1 is 0.889 bits per heavy atom. The molecule has 3 aromatic rings. The first kappa shape index (κ1) is 34.8. The zero-order valence-corrected chi connectivity index (χ0v) is 27.7. The highest BCUT2D eigenvalue weighted by Gasteiger charge is 2.37. The van der Waals surface area contributed by atoms with Crippen molar-refractivity contribution in [3.05, 3.63) is 107 Å². The number of carbonyl (C=O) groups excluding carboxylic acids is 2. The minimum atomic E-state index is -0.820. The largest absolute Gasteiger partial charge is 0.385 e. The highest BCUT2D eigenvalue weighted by molar-refractivity contribution is 6.30. The lowest BCUT2D eigenvalue weighted by atomic mass is 9.71. The third-order valence-electron chi connectivity index (χ3n) is 9.73. The quantitative estimate of drug-likeness (QED) is 0.252. The summed E-state index contributed by atoms with van der Waals surface area (Å²) in [5.74, 6) is -0.0387.